The van der Waals surface area contributed by atoms with Gasteiger partial charge in [0.05, 0.1) is 27.7 Å². The number of aromatic nitrogens is 4. The highest BCUT2D eigenvalue weighted by Gasteiger charge is 2.26. The second-order valence-corrected chi connectivity index (χ2v) is 9.67. The summed E-state index contributed by atoms with van der Waals surface area (Å²) in [4.78, 5) is 20.3. The number of fused-ring (bicyclic) bond motifs is 7. The Morgan fingerprint density at radius 3 is 2.63 bits per heavy atom. The van der Waals surface area contributed by atoms with Crippen LogP contribution in [0.5, 0.6) is 0 Å². The summed E-state index contributed by atoms with van der Waals surface area (Å²) >= 11 is 1.57. The van der Waals surface area contributed by atoms with Gasteiger partial charge < -0.3 is 5.32 Å². The highest BCUT2D eigenvalue weighted by molar-refractivity contribution is 8.00. The number of benzene rings is 2. The van der Waals surface area contributed by atoms with E-state index in [9.17, 15) is 8.42 Å². The minimum absolute atomic E-state index is 0.265. The van der Waals surface area contributed by atoms with Gasteiger partial charge in [0.15, 0.2) is 0 Å². The van der Waals surface area contributed by atoms with Crippen molar-refractivity contribution < 1.29 is 13.0 Å². The molecule has 5 rings (SSSR count). The standard InChI is InChI=1S/C20H17N5O3S2/c1-11-10-23-17-16(24-11)14-15(22-8-7-21-14)18-20(17)29-19-12(4-2-6-13(19)25-18)5-3-9-30(26,27)28/h2,4,6-8,10,25H,3,5,9H2,1H3,(H,26,27,28). The Morgan fingerprint density at radius 2 is 1.83 bits per heavy atom. The Hall–Kier alpha value is -2.82. The molecule has 1 aliphatic rings. The molecule has 10 heteroatoms. The molecule has 0 saturated heterocycles. The van der Waals surface area contributed by atoms with E-state index in [2.05, 4.69) is 25.3 Å². The number of anilines is 2. The van der Waals surface area contributed by atoms with Gasteiger partial charge in [-0.2, -0.15) is 8.42 Å². The number of nitrogens with zero attached hydrogens (tertiary/aromatic N) is 4. The molecular formula is C20H17N5O3S2. The molecule has 0 amide bonds. The molecule has 2 aromatic carbocycles. The minimum atomic E-state index is -3.98. The third-order valence-electron chi connectivity index (χ3n) is 4.90. The van der Waals surface area contributed by atoms with Crippen LogP contribution >= 0.6 is 11.8 Å². The minimum Gasteiger partial charge on any atom is -0.352 e. The van der Waals surface area contributed by atoms with Crippen LogP contribution in [0, 0.1) is 6.92 Å². The van der Waals surface area contributed by atoms with Crippen LogP contribution in [0.2, 0.25) is 0 Å². The van der Waals surface area contributed by atoms with Gasteiger partial charge in [-0.25, -0.2) is 4.98 Å². The molecule has 0 spiro atoms. The molecule has 0 unspecified atom stereocenters. The number of nitrogens with one attached hydrogen (secondary N) is 1. The van der Waals surface area contributed by atoms with E-state index in [-0.39, 0.29) is 5.75 Å². The van der Waals surface area contributed by atoms with Crippen molar-refractivity contribution >= 4 is 55.3 Å². The van der Waals surface area contributed by atoms with Gasteiger partial charge in [0.1, 0.15) is 22.1 Å². The van der Waals surface area contributed by atoms with Crippen LogP contribution in [-0.4, -0.2) is 38.7 Å². The fourth-order valence-corrected chi connectivity index (χ4v) is 5.37. The molecule has 0 aliphatic carbocycles. The van der Waals surface area contributed by atoms with E-state index in [0.29, 0.717) is 23.9 Å². The van der Waals surface area contributed by atoms with Crippen LogP contribution in [-0.2, 0) is 16.5 Å². The number of aryl methyl sites for hydroxylation is 2. The molecule has 0 saturated carbocycles. The summed E-state index contributed by atoms with van der Waals surface area (Å²) in [6, 6.07) is 5.88. The Bertz CT molecular complexity index is 1420. The summed E-state index contributed by atoms with van der Waals surface area (Å²) in [5, 5.41) is 3.48. The lowest BCUT2D eigenvalue weighted by Crippen LogP contribution is -2.08. The molecule has 8 nitrogen and oxygen atoms in total. The fourth-order valence-electron chi connectivity index (χ4n) is 3.63. The summed E-state index contributed by atoms with van der Waals surface area (Å²) in [5.41, 5.74) is 6.46. The molecule has 0 atom stereocenters. The van der Waals surface area contributed by atoms with Crippen molar-refractivity contribution in [2.45, 2.75) is 29.6 Å². The summed E-state index contributed by atoms with van der Waals surface area (Å²) in [6.45, 7) is 1.89. The summed E-state index contributed by atoms with van der Waals surface area (Å²) in [6.07, 6.45) is 5.91. The second-order valence-electron chi connectivity index (χ2n) is 7.08. The maximum atomic E-state index is 11.1. The highest BCUT2D eigenvalue weighted by atomic mass is 32.2. The Kier molecular flexibility index (Phi) is 4.57. The number of rotatable bonds is 4. The summed E-state index contributed by atoms with van der Waals surface area (Å²) < 4.78 is 31.2. The maximum Gasteiger partial charge on any atom is 0.264 e. The van der Waals surface area contributed by atoms with Gasteiger partial charge in [0, 0.05) is 23.5 Å². The molecule has 152 valence electrons. The molecule has 30 heavy (non-hydrogen) atoms. The first kappa shape index (κ1) is 19.2. The second kappa shape index (κ2) is 7.15. The van der Waals surface area contributed by atoms with Gasteiger partial charge in [0.25, 0.3) is 10.1 Å². The van der Waals surface area contributed by atoms with E-state index in [4.69, 9.17) is 4.55 Å². The van der Waals surface area contributed by atoms with Crippen molar-refractivity contribution in [2.24, 2.45) is 0 Å². The topological polar surface area (TPSA) is 118 Å². The normalized spacial score (nSPS) is 13.1. The van der Waals surface area contributed by atoms with Crippen molar-refractivity contribution in [3.05, 3.63) is 48.0 Å². The Labute approximate surface area is 176 Å². The lowest BCUT2D eigenvalue weighted by molar-refractivity contribution is 0.481. The van der Waals surface area contributed by atoms with Gasteiger partial charge in [-0.3, -0.25) is 19.5 Å². The highest BCUT2D eigenvalue weighted by Crippen LogP contribution is 2.50. The van der Waals surface area contributed by atoms with Crippen LogP contribution < -0.4 is 5.32 Å². The van der Waals surface area contributed by atoms with Crippen LogP contribution in [0.15, 0.2) is 46.6 Å². The first-order chi connectivity index (χ1) is 14.4. The zero-order valence-electron chi connectivity index (χ0n) is 16.0. The van der Waals surface area contributed by atoms with Gasteiger partial charge in [0.2, 0.25) is 0 Å². The van der Waals surface area contributed by atoms with E-state index in [0.717, 1.165) is 43.5 Å². The zero-order chi connectivity index (χ0) is 20.9. The Balaban J connectivity index is 1.65. The van der Waals surface area contributed by atoms with Crippen LogP contribution in [0.1, 0.15) is 17.7 Å². The van der Waals surface area contributed by atoms with Crippen molar-refractivity contribution in [3.63, 3.8) is 0 Å². The monoisotopic (exact) mass is 439 g/mol. The quantitative estimate of drug-likeness (QED) is 0.317. The van der Waals surface area contributed by atoms with Gasteiger partial charge in [-0.15, -0.1) is 0 Å². The number of hydrogen-bond donors (Lipinski definition) is 2. The van der Waals surface area contributed by atoms with E-state index in [1.165, 1.54) is 0 Å². The van der Waals surface area contributed by atoms with Gasteiger partial charge in [-0.05, 0) is 31.4 Å². The third kappa shape index (κ3) is 3.36. The van der Waals surface area contributed by atoms with Crippen molar-refractivity contribution in [3.8, 4) is 0 Å². The van der Waals surface area contributed by atoms with Crippen molar-refractivity contribution in [1.82, 2.24) is 19.9 Å². The SMILES string of the molecule is Cc1cnc2c3c(c4nccnc4c2n1)Nc1cccc(CCCS(=O)(=O)O)c1S3. The number of hydrogen-bond acceptors (Lipinski definition) is 8. The molecule has 0 bridgehead atoms. The van der Waals surface area contributed by atoms with Crippen LogP contribution in [0.4, 0.5) is 11.4 Å². The molecule has 4 aromatic rings. The zero-order valence-corrected chi connectivity index (χ0v) is 17.6. The summed E-state index contributed by atoms with van der Waals surface area (Å²) in [7, 11) is -3.98. The van der Waals surface area contributed by atoms with E-state index in [1.807, 2.05) is 25.1 Å². The van der Waals surface area contributed by atoms with Crippen LogP contribution in [0.25, 0.3) is 22.1 Å². The predicted octanol–water partition coefficient (Wildman–Crippen LogP) is 3.91. The molecule has 2 N–H and O–H groups in total. The average molecular weight is 440 g/mol. The molecule has 1 aliphatic heterocycles. The first-order valence-corrected chi connectivity index (χ1v) is 11.8. The molecule has 0 radical (unpaired) electrons. The van der Waals surface area contributed by atoms with E-state index < -0.39 is 10.1 Å². The maximum absolute atomic E-state index is 11.1. The fraction of sp³-hybridized carbons (Fsp3) is 0.200. The largest absolute Gasteiger partial charge is 0.352 e. The van der Waals surface area contributed by atoms with Crippen molar-refractivity contribution in [1.29, 1.82) is 0 Å². The molecular weight excluding hydrogens is 422 g/mol. The van der Waals surface area contributed by atoms with Crippen LogP contribution in [0.3, 0.4) is 0 Å². The average Bonchev–Trinajstić information content (AvgIpc) is 2.72. The van der Waals surface area contributed by atoms with E-state index >= 15 is 0 Å². The molecule has 3 heterocycles. The lowest BCUT2D eigenvalue weighted by atomic mass is 10.1. The van der Waals surface area contributed by atoms with Crippen molar-refractivity contribution in [2.75, 3.05) is 11.1 Å². The predicted molar refractivity (Wildman–Crippen MR) is 116 cm³/mol. The van der Waals surface area contributed by atoms with E-state index in [1.54, 1.807) is 30.4 Å². The van der Waals surface area contributed by atoms with Gasteiger partial charge in [-0.1, -0.05) is 23.9 Å². The summed E-state index contributed by atoms with van der Waals surface area (Å²) in [5.74, 6) is -0.265. The smallest absolute Gasteiger partial charge is 0.264 e. The molecule has 0 fully saturated rings. The Morgan fingerprint density at radius 1 is 1.03 bits per heavy atom. The molecule has 2 aromatic heterocycles. The first-order valence-electron chi connectivity index (χ1n) is 9.33. The lowest BCUT2D eigenvalue weighted by Gasteiger charge is -2.24. The van der Waals surface area contributed by atoms with Gasteiger partial charge >= 0.3 is 0 Å². The third-order valence-corrected chi connectivity index (χ3v) is 7.00.